The predicted molar refractivity (Wildman–Crippen MR) is 81.1 cm³/mol. The molecule has 20 heavy (non-hydrogen) atoms. The molecule has 2 aromatic carbocycles. The second-order valence-electron chi connectivity index (χ2n) is 4.77. The maximum atomic E-state index is 11.9. The zero-order valence-electron chi connectivity index (χ0n) is 11.5. The molecule has 0 aromatic heterocycles. The molecule has 0 aliphatic heterocycles. The van der Waals surface area contributed by atoms with Gasteiger partial charge < -0.3 is 11.1 Å². The summed E-state index contributed by atoms with van der Waals surface area (Å²) in [5, 5.41) is 2.89. The van der Waals surface area contributed by atoms with Crippen LogP contribution in [0.5, 0.6) is 0 Å². The molecule has 1 atom stereocenters. The summed E-state index contributed by atoms with van der Waals surface area (Å²) in [7, 11) is 0. The lowest BCUT2D eigenvalue weighted by Gasteiger charge is -2.12. The Bertz CT molecular complexity index is 525. The number of amides is 1. The van der Waals surface area contributed by atoms with E-state index in [-0.39, 0.29) is 5.91 Å². The van der Waals surface area contributed by atoms with Crippen LogP contribution in [0.15, 0.2) is 60.7 Å². The van der Waals surface area contributed by atoms with Crippen molar-refractivity contribution in [3.05, 3.63) is 71.8 Å². The van der Waals surface area contributed by atoms with Crippen molar-refractivity contribution in [2.75, 3.05) is 6.54 Å². The number of nitrogens with two attached hydrogens (primary N) is 1. The molecule has 0 unspecified atom stereocenters. The monoisotopic (exact) mass is 268 g/mol. The van der Waals surface area contributed by atoms with Gasteiger partial charge in [0.05, 0.1) is 0 Å². The predicted octanol–water partition coefficient (Wildman–Crippen LogP) is 2.44. The van der Waals surface area contributed by atoms with E-state index < -0.39 is 6.04 Å². The second kappa shape index (κ2) is 7.46. The van der Waals surface area contributed by atoms with Gasteiger partial charge in [0, 0.05) is 6.54 Å². The van der Waals surface area contributed by atoms with Gasteiger partial charge in [-0.05, 0) is 24.0 Å². The van der Waals surface area contributed by atoms with Crippen LogP contribution < -0.4 is 11.1 Å². The third-order valence-corrected chi connectivity index (χ3v) is 3.23. The Labute approximate surface area is 119 Å². The molecule has 2 rings (SSSR count). The Morgan fingerprint density at radius 1 is 1.00 bits per heavy atom. The van der Waals surface area contributed by atoms with Crippen molar-refractivity contribution < 1.29 is 4.79 Å². The van der Waals surface area contributed by atoms with E-state index in [1.807, 2.05) is 48.5 Å². The SMILES string of the molecule is N[C@H](C(=O)NCCCc1ccccc1)c1ccccc1. The molecule has 3 heteroatoms. The van der Waals surface area contributed by atoms with Crippen molar-refractivity contribution in [1.82, 2.24) is 5.32 Å². The van der Waals surface area contributed by atoms with Gasteiger partial charge in [-0.3, -0.25) is 4.79 Å². The molecule has 1 amide bonds. The van der Waals surface area contributed by atoms with E-state index in [0.717, 1.165) is 18.4 Å². The third-order valence-electron chi connectivity index (χ3n) is 3.23. The smallest absolute Gasteiger partial charge is 0.241 e. The molecule has 3 nitrogen and oxygen atoms in total. The first-order valence-corrected chi connectivity index (χ1v) is 6.89. The molecule has 0 spiro atoms. The normalized spacial score (nSPS) is 11.8. The van der Waals surface area contributed by atoms with Crippen LogP contribution in [0.1, 0.15) is 23.6 Å². The summed E-state index contributed by atoms with van der Waals surface area (Å²) in [4.78, 5) is 11.9. The van der Waals surface area contributed by atoms with Gasteiger partial charge in [0.2, 0.25) is 5.91 Å². The molecule has 0 bridgehead atoms. The summed E-state index contributed by atoms with van der Waals surface area (Å²) in [6.45, 7) is 0.647. The Kier molecular flexibility index (Phi) is 5.33. The van der Waals surface area contributed by atoms with Gasteiger partial charge in [-0.1, -0.05) is 60.7 Å². The Morgan fingerprint density at radius 2 is 1.60 bits per heavy atom. The van der Waals surface area contributed by atoms with E-state index in [4.69, 9.17) is 5.73 Å². The van der Waals surface area contributed by atoms with Crippen molar-refractivity contribution in [2.45, 2.75) is 18.9 Å². The van der Waals surface area contributed by atoms with Gasteiger partial charge in [0.1, 0.15) is 6.04 Å². The van der Waals surface area contributed by atoms with Gasteiger partial charge in [0.15, 0.2) is 0 Å². The number of carbonyl (C=O) groups excluding carboxylic acids is 1. The summed E-state index contributed by atoms with van der Waals surface area (Å²) in [6, 6.07) is 19.1. The lowest BCUT2D eigenvalue weighted by atomic mass is 10.1. The largest absolute Gasteiger partial charge is 0.354 e. The second-order valence-corrected chi connectivity index (χ2v) is 4.77. The number of carbonyl (C=O) groups is 1. The Hall–Kier alpha value is -2.13. The highest BCUT2D eigenvalue weighted by Crippen LogP contribution is 2.09. The molecule has 0 saturated carbocycles. The number of nitrogens with one attached hydrogen (secondary N) is 1. The molecule has 0 radical (unpaired) electrons. The van der Waals surface area contributed by atoms with Crippen LogP contribution in [0.4, 0.5) is 0 Å². The lowest BCUT2D eigenvalue weighted by molar-refractivity contribution is -0.122. The summed E-state index contributed by atoms with van der Waals surface area (Å²) in [5.41, 5.74) is 8.05. The highest BCUT2D eigenvalue weighted by atomic mass is 16.2. The number of rotatable bonds is 6. The van der Waals surface area contributed by atoms with Gasteiger partial charge in [-0.25, -0.2) is 0 Å². The van der Waals surface area contributed by atoms with Crippen molar-refractivity contribution in [3.63, 3.8) is 0 Å². The van der Waals surface area contributed by atoms with Crippen LogP contribution >= 0.6 is 0 Å². The van der Waals surface area contributed by atoms with E-state index in [0.29, 0.717) is 6.54 Å². The first-order valence-electron chi connectivity index (χ1n) is 6.89. The summed E-state index contributed by atoms with van der Waals surface area (Å²) >= 11 is 0. The minimum Gasteiger partial charge on any atom is -0.354 e. The fourth-order valence-electron chi connectivity index (χ4n) is 2.07. The maximum Gasteiger partial charge on any atom is 0.241 e. The van der Waals surface area contributed by atoms with Crippen LogP contribution in [0.2, 0.25) is 0 Å². The van der Waals surface area contributed by atoms with Crippen LogP contribution in [0.25, 0.3) is 0 Å². The zero-order chi connectivity index (χ0) is 14.2. The van der Waals surface area contributed by atoms with E-state index in [1.54, 1.807) is 0 Å². The van der Waals surface area contributed by atoms with Gasteiger partial charge in [-0.15, -0.1) is 0 Å². The molecule has 104 valence electrons. The van der Waals surface area contributed by atoms with Crippen molar-refractivity contribution in [1.29, 1.82) is 0 Å². The molecule has 0 heterocycles. The van der Waals surface area contributed by atoms with E-state index in [2.05, 4.69) is 17.4 Å². The molecule has 0 aliphatic rings. The van der Waals surface area contributed by atoms with Crippen LogP contribution in [0.3, 0.4) is 0 Å². The molecule has 3 N–H and O–H groups in total. The highest BCUT2D eigenvalue weighted by Gasteiger charge is 2.14. The van der Waals surface area contributed by atoms with Gasteiger partial charge in [-0.2, -0.15) is 0 Å². The number of hydrogen-bond acceptors (Lipinski definition) is 2. The van der Waals surface area contributed by atoms with E-state index in [9.17, 15) is 4.79 Å². The fourth-order valence-corrected chi connectivity index (χ4v) is 2.07. The summed E-state index contributed by atoms with van der Waals surface area (Å²) < 4.78 is 0. The molecule has 0 fully saturated rings. The molecule has 2 aromatic rings. The van der Waals surface area contributed by atoms with Crippen LogP contribution in [-0.2, 0) is 11.2 Å². The van der Waals surface area contributed by atoms with Crippen LogP contribution in [0, 0.1) is 0 Å². The zero-order valence-corrected chi connectivity index (χ0v) is 11.5. The molecular weight excluding hydrogens is 248 g/mol. The van der Waals surface area contributed by atoms with Gasteiger partial charge in [0.25, 0.3) is 0 Å². The van der Waals surface area contributed by atoms with Crippen molar-refractivity contribution in [2.24, 2.45) is 5.73 Å². The Morgan fingerprint density at radius 3 is 2.25 bits per heavy atom. The highest BCUT2D eigenvalue weighted by molar-refractivity contribution is 5.82. The fraction of sp³-hybridized carbons (Fsp3) is 0.235. The number of benzene rings is 2. The first kappa shape index (κ1) is 14.3. The average Bonchev–Trinajstić information content (AvgIpc) is 2.52. The molecule has 0 saturated heterocycles. The maximum absolute atomic E-state index is 11.9. The topological polar surface area (TPSA) is 55.1 Å². The number of aryl methyl sites for hydroxylation is 1. The standard InChI is InChI=1S/C17H20N2O/c18-16(15-11-5-2-6-12-15)17(20)19-13-7-10-14-8-3-1-4-9-14/h1-6,8-9,11-12,16H,7,10,13,18H2,(H,19,20)/t16-/m0/s1. The quantitative estimate of drug-likeness (QED) is 0.791. The average molecular weight is 268 g/mol. The van der Waals surface area contributed by atoms with Gasteiger partial charge >= 0.3 is 0 Å². The summed E-state index contributed by atoms with van der Waals surface area (Å²) in [6.07, 6.45) is 1.87. The van der Waals surface area contributed by atoms with E-state index in [1.165, 1.54) is 5.56 Å². The molecule has 0 aliphatic carbocycles. The van der Waals surface area contributed by atoms with E-state index >= 15 is 0 Å². The lowest BCUT2D eigenvalue weighted by Crippen LogP contribution is -2.34. The van der Waals surface area contributed by atoms with Crippen molar-refractivity contribution >= 4 is 5.91 Å². The first-order chi connectivity index (χ1) is 9.77. The minimum absolute atomic E-state index is 0.121. The number of hydrogen-bond donors (Lipinski definition) is 2. The molecular formula is C17H20N2O. The van der Waals surface area contributed by atoms with Crippen molar-refractivity contribution in [3.8, 4) is 0 Å². The minimum atomic E-state index is -0.590. The third kappa shape index (κ3) is 4.21. The summed E-state index contributed by atoms with van der Waals surface area (Å²) in [5.74, 6) is -0.121. The van der Waals surface area contributed by atoms with Crippen LogP contribution in [-0.4, -0.2) is 12.5 Å². The Balaban J connectivity index is 1.73.